The van der Waals surface area contributed by atoms with E-state index in [1.54, 1.807) is 19.1 Å². The summed E-state index contributed by atoms with van der Waals surface area (Å²) in [5.41, 5.74) is 6.69. The first kappa shape index (κ1) is 12.3. The van der Waals surface area contributed by atoms with Gasteiger partial charge in [-0.3, -0.25) is 4.79 Å². The van der Waals surface area contributed by atoms with Crippen molar-refractivity contribution in [1.29, 1.82) is 0 Å². The van der Waals surface area contributed by atoms with Crippen molar-refractivity contribution in [1.82, 2.24) is 0 Å². The normalized spacial score (nSPS) is 12.2. The summed E-state index contributed by atoms with van der Waals surface area (Å²) in [4.78, 5) is 10.5. The molecule has 1 atom stereocenters. The van der Waals surface area contributed by atoms with E-state index in [9.17, 15) is 9.90 Å². The van der Waals surface area contributed by atoms with E-state index in [1.165, 1.54) is 7.11 Å². The third-order valence-electron chi connectivity index (χ3n) is 2.33. The van der Waals surface area contributed by atoms with E-state index in [-0.39, 0.29) is 12.2 Å². The molecule has 0 saturated heterocycles. The first-order valence-corrected chi connectivity index (χ1v) is 4.80. The molecule has 5 nitrogen and oxygen atoms in total. The molecule has 4 N–H and O–H groups in total. The molecule has 0 radical (unpaired) electrons. The van der Waals surface area contributed by atoms with Crippen molar-refractivity contribution in [2.45, 2.75) is 19.4 Å². The molecule has 1 aromatic rings. The third-order valence-corrected chi connectivity index (χ3v) is 2.33. The Hall–Kier alpha value is -1.75. The quantitative estimate of drug-likeness (QED) is 0.715. The van der Waals surface area contributed by atoms with Crippen LogP contribution in [0.3, 0.4) is 0 Å². The van der Waals surface area contributed by atoms with Gasteiger partial charge in [0.25, 0.3) is 0 Å². The minimum atomic E-state index is -1.01. The van der Waals surface area contributed by atoms with Crippen LogP contribution < -0.4 is 10.5 Å². The average Bonchev–Trinajstić information content (AvgIpc) is 2.20. The number of aromatic hydroxyl groups is 1. The van der Waals surface area contributed by atoms with E-state index < -0.39 is 12.0 Å². The number of carboxylic acid groups (broad SMARTS) is 1. The highest BCUT2D eigenvalue weighted by Gasteiger charge is 2.17. The van der Waals surface area contributed by atoms with Crippen molar-refractivity contribution in [2.24, 2.45) is 5.73 Å². The van der Waals surface area contributed by atoms with E-state index >= 15 is 0 Å². The van der Waals surface area contributed by atoms with E-state index in [1.807, 2.05) is 0 Å². The minimum Gasteiger partial charge on any atom is -0.507 e. The van der Waals surface area contributed by atoms with Crippen LogP contribution >= 0.6 is 0 Å². The molecule has 88 valence electrons. The number of carboxylic acids is 1. The van der Waals surface area contributed by atoms with Gasteiger partial charge in [0, 0.05) is 11.6 Å². The van der Waals surface area contributed by atoms with Crippen LogP contribution in [0.25, 0.3) is 0 Å². The summed E-state index contributed by atoms with van der Waals surface area (Å²) >= 11 is 0. The lowest BCUT2D eigenvalue weighted by atomic mass is 10.0. The molecule has 5 heteroatoms. The van der Waals surface area contributed by atoms with Crippen LogP contribution in [0.15, 0.2) is 12.1 Å². The second kappa shape index (κ2) is 4.85. The van der Waals surface area contributed by atoms with Gasteiger partial charge in [0.05, 0.1) is 13.5 Å². The van der Waals surface area contributed by atoms with Crippen LogP contribution in [0, 0.1) is 6.92 Å². The van der Waals surface area contributed by atoms with Gasteiger partial charge in [-0.05, 0) is 24.6 Å². The number of rotatable bonds is 4. The number of carbonyl (C=O) groups is 1. The molecule has 0 aromatic heterocycles. The first-order chi connectivity index (χ1) is 7.45. The predicted molar refractivity (Wildman–Crippen MR) is 58.6 cm³/mol. The van der Waals surface area contributed by atoms with Crippen LogP contribution in [-0.2, 0) is 4.79 Å². The fourth-order valence-corrected chi connectivity index (χ4v) is 1.47. The van der Waals surface area contributed by atoms with Crippen molar-refractivity contribution in [3.05, 3.63) is 23.3 Å². The number of methoxy groups -OCH3 is 1. The van der Waals surface area contributed by atoms with Gasteiger partial charge in [0.1, 0.15) is 11.5 Å². The molecule has 1 aromatic carbocycles. The first-order valence-electron chi connectivity index (χ1n) is 4.80. The van der Waals surface area contributed by atoms with Crippen molar-refractivity contribution in [3.8, 4) is 11.5 Å². The van der Waals surface area contributed by atoms with Crippen LogP contribution in [-0.4, -0.2) is 23.3 Å². The zero-order chi connectivity index (χ0) is 12.3. The highest BCUT2D eigenvalue weighted by molar-refractivity contribution is 5.68. The maximum absolute atomic E-state index is 10.5. The highest BCUT2D eigenvalue weighted by atomic mass is 16.5. The fraction of sp³-hybridized carbons (Fsp3) is 0.364. The second-order valence-corrected chi connectivity index (χ2v) is 3.59. The number of hydrogen-bond acceptors (Lipinski definition) is 4. The molecular formula is C11H15NO4. The maximum Gasteiger partial charge on any atom is 0.305 e. The Morgan fingerprint density at radius 1 is 1.56 bits per heavy atom. The van der Waals surface area contributed by atoms with Gasteiger partial charge in [-0.2, -0.15) is 0 Å². The van der Waals surface area contributed by atoms with E-state index in [2.05, 4.69) is 0 Å². The lowest BCUT2D eigenvalue weighted by Crippen LogP contribution is -2.15. The monoisotopic (exact) mass is 225 g/mol. The van der Waals surface area contributed by atoms with Gasteiger partial charge in [0.2, 0.25) is 0 Å². The number of nitrogens with two attached hydrogens (primary N) is 1. The molecule has 0 aliphatic carbocycles. The van der Waals surface area contributed by atoms with Crippen LogP contribution in [0.1, 0.15) is 23.6 Å². The Morgan fingerprint density at radius 3 is 2.69 bits per heavy atom. The molecule has 0 heterocycles. The zero-order valence-electron chi connectivity index (χ0n) is 9.23. The Bertz CT molecular complexity index is 403. The number of aliphatic carboxylic acids is 1. The maximum atomic E-state index is 10.5. The Balaban J connectivity index is 3.10. The Morgan fingerprint density at radius 2 is 2.19 bits per heavy atom. The average molecular weight is 225 g/mol. The lowest BCUT2D eigenvalue weighted by Gasteiger charge is -2.14. The summed E-state index contributed by atoms with van der Waals surface area (Å²) in [6.07, 6.45) is -0.236. The summed E-state index contributed by atoms with van der Waals surface area (Å²) in [5.74, 6) is -0.437. The van der Waals surface area contributed by atoms with E-state index in [0.29, 0.717) is 16.9 Å². The minimum absolute atomic E-state index is 0.0227. The van der Waals surface area contributed by atoms with Crippen molar-refractivity contribution in [2.75, 3.05) is 7.11 Å². The summed E-state index contributed by atoms with van der Waals surface area (Å²) in [7, 11) is 1.50. The van der Waals surface area contributed by atoms with Crippen molar-refractivity contribution in [3.63, 3.8) is 0 Å². The second-order valence-electron chi connectivity index (χ2n) is 3.59. The molecule has 16 heavy (non-hydrogen) atoms. The molecule has 0 fully saturated rings. The van der Waals surface area contributed by atoms with Gasteiger partial charge in [-0.1, -0.05) is 0 Å². The highest BCUT2D eigenvalue weighted by Crippen LogP contribution is 2.32. The van der Waals surface area contributed by atoms with Crippen LogP contribution in [0.5, 0.6) is 11.5 Å². The number of phenolic OH excluding ortho intramolecular Hbond substituents is 1. The smallest absolute Gasteiger partial charge is 0.305 e. The van der Waals surface area contributed by atoms with Gasteiger partial charge in [-0.25, -0.2) is 0 Å². The summed E-state index contributed by atoms with van der Waals surface area (Å²) in [5, 5.41) is 18.4. The van der Waals surface area contributed by atoms with Gasteiger partial charge in [-0.15, -0.1) is 0 Å². The number of benzene rings is 1. The molecule has 0 aliphatic rings. The Kier molecular flexibility index (Phi) is 3.73. The molecule has 0 amide bonds. The van der Waals surface area contributed by atoms with Gasteiger partial charge >= 0.3 is 5.97 Å². The number of ether oxygens (including phenoxy) is 1. The van der Waals surface area contributed by atoms with Crippen LogP contribution in [0.2, 0.25) is 0 Å². The SMILES string of the molecule is COc1cc(C)c(O)c(C(N)CC(=O)O)c1. The van der Waals surface area contributed by atoms with E-state index in [4.69, 9.17) is 15.6 Å². The molecule has 1 rings (SSSR count). The standard InChI is InChI=1S/C11H15NO4/c1-6-3-7(16-2)4-8(11(6)15)9(12)5-10(13)14/h3-4,9,15H,5,12H2,1-2H3,(H,13,14). The number of aryl methyl sites for hydroxylation is 1. The summed E-state index contributed by atoms with van der Waals surface area (Å²) < 4.78 is 5.03. The summed E-state index contributed by atoms with van der Waals surface area (Å²) in [6, 6.07) is 2.47. The number of phenols is 1. The topological polar surface area (TPSA) is 92.8 Å². The number of hydrogen-bond donors (Lipinski definition) is 3. The largest absolute Gasteiger partial charge is 0.507 e. The third kappa shape index (κ3) is 2.64. The van der Waals surface area contributed by atoms with Crippen molar-refractivity contribution >= 4 is 5.97 Å². The Labute approximate surface area is 93.5 Å². The summed E-state index contributed by atoms with van der Waals surface area (Å²) in [6.45, 7) is 1.70. The molecule has 0 bridgehead atoms. The van der Waals surface area contributed by atoms with Gasteiger partial charge in [0.15, 0.2) is 0 Å². The zero-order valence-corrected chi connectivity index (χ0v) is 9.23. The van der Waals surface area contributed by atoms with E-state index in [0.717, 1.165) is 0 Å². The fourth-order valence-electron chi connectivity index (χ4n) is 1.47. The molecule has 0 saturated carbocycles. The van der Waals surface area contributed by atoms with Gasteiger partial charge < -0.3 is 20.7 Å². The molecular weight excluding hydrogens is 210 g/mol. The van der Waals surface area contributed by atoms with Crippen LogP contribution in [0.4, 0.5) is 0 Å². The predicted octanol–water partition coefficient (Wildman–Crippen LogP) is 1.18. The molecule has 0 aliphatic heterocycles. The molecule has 0 spiro atoms. The molecule has 1 unspecified atom stereocenters. The lowest BCUT2D eigenvalue weighted by molar-refractivity contribution is -0.137. The van der Waals surface area contributed by atoms with Crippen molar-refractivity contribution < 1.29 is 19.7 Å².